The van der Waals surface area contributed by atoms with Crippen LogP contribution in [0.15, 0.2) is 29.1 Å². The predicted octanol–water partition coefficient (Wildman–Crippen LogP) is 1.82. The summed E-state index contributed by atoms with van der Waals surface area (Å²) in [6.07, 6.45) is 1.90. The summed E-state index contributed by atoms with van der Waals surface area (Å²) in [5, 5.41) is 4.18. The van der Waals surface area contributed by atoms with Crippen LogP contribution in [-0.2, 0) is 6.42 Å². The molecule has 2 N–H and O–H groups in total. The second-order valence-corrected chi connectivity index (χ2v) is 4.92. The van der Waals surface area contributed by atoms with Crippen LogP contribution in [0.5, 0.6) is 0 Å². The van der Waals surface area contributed by atoms with Gasteiger partial charge in [0.15, 0.2) is 0 Å². The number of hydrogen-bond acceptors (Lipinski definition) is 2. The summed E-state index contributed by atoms with van der Waals surface area (Å²) in [5.74, 6) is 0.204. The first-order chi connectivity index (χ1) is 8.72. The molecule has 2 aromatic rings. The van der Waals surface area contributed by atoms with Crippen molar-refractivity contribution in [3.63, 3.8) is 0 Å². The summed E-state index contributed by atoms with van der Waals surface area (Å²) in [6, 6.07) is 6.36. The van der Waals surface area contributed by atoms with Crippen LogP contribution >= 0.6 is 0 Å². The molecule has 1 aliphatic heterocycles. The van der Waals surface area contributed by atoms with Gasteiger partial charge in [-0.05, 0) is 61.5 Å². The molecule has 2 heterocycles. The van der Waals surface area contributed by atoms with Crippen LogP contribution in [0, 0.1) is 11.7 Å². The number of H-pyrrole nitrogens is 1. The summed E-state index contributed by atoms with van der Waals surface area (Å²) in [6.45, 7) is 2.00. The number of hydrogen-bond donors (Lipinski definition) is 2. The van der Waals surface area contributed by atoms with E-state index in [0.717, 1.165) is 36.9 Å². The van der Waals surface area contributed by atoms with Crippen LogP contribution in [0.1, 0.15) is 12.0 Å². The highest BCUT2D eigenvalue weighted by Gasteiger charge is 2.16. The maximum Gasteiger partial charge on any atom is 0.251 e. The van der Waals surface area contributed by atoms with E-state index < -0.39 is 0 Å². The van der Waals surface area contributed by atoms with Gasteiger partial charge in [0, 0.05) is 5.56 Å². The Morgan fingerprint density at radius 2 is 2.22 bits per heavy atom. The molecule has 1 saturated heterocycles. The molecule has 1 aromatic carbocycles. The Bertz CT molecular complexity index is 629. The molecule has 0 saturated carbocycles. The largest absolute Gasteiger partial charge is 0.322 e. The van der Waals surface area contributed by atoms with Gasteiger partial charge in [-0.15, -0.1) is 0 Å². The molecule has 94 valence electrons. The summed E-state index contributed by atoms with van der Waals surface area (Å²) in [5.41, 5.74) is 1.26. The van der Waals surface area contributed by atoms with Crippen LogP contribution in [-0.4, -0.2) is 18.1 Å². The number of aromatic nitrogens is 1. The van der Waals surface area contributed by atoms with Gasteiger partial charge in [0.1, 0.15) is 5.82 Å². The number of fused-ring (bicyclic) bond motifs is 1. The number of pyridine rings is 1. The Morgan fingerprint density at radius 3 is 3.00 bits per heavy atom. The van der Waals surface area contributed by atoms with Crippen LogP contribution in [0.3, 0.4) is 0 Å². The highest BCUT2D eigenvalue weighted by atomic mass is 19.1. The molecule has 3 nitrogen and oxygen atoms in total. The molecular formula is C14H15FN2O. The van der Waals surface area contributed by atoms with Crippen molar-refractivity contribution in [1.82, 2.24) is 10.3 Å². The van der Waals surface area contributed by atoms with Crippen LogP contribution in [0.25, 0.3) is 10.9 Å². The van der Waals surface area contributed by atoms with E-state index in [4.69, 9.17) is 0 Å². The zero-order chi connectivity index (χ0) is 12.5. The number of halogens is 1. The highest BCUT2D eigenvalue weighted by molar-refractivity contribution is 5.78. The van der Waals surface area contributed by atoms with Gasteiger partial charge >= 0.3 is 0 Å². The molecule has 18 heavy (non-hydrogen) atoms. The van der Waals surface area contributed by atoms with E-state index in [1.165, 1.54) is 12.1 Å². The molecule has 0 amide bonds. The molecule has 1 unspecified atom stereocenters. The lowest BCUT2D eigenvalue weighted by Gasteiger charge is -2.08. The molecule has 0 spiro atoms. The predicted molar refractivity (Wildman–Crippen MR) is 69.2 cm³/mol. The van der Waals surface area contributed by atoms with Crippen molar-refractivity contribution >= 4 is 10.9 Å². The Balaban J connectivity index is 1.99. The van der Waals surface area contributed by atoms with E-state index in [0.29, 0.717) is 11.4 Å². The van der Waals surface area contributed by atoms with Gasteiger partial charge in [-0.3, -0.25) is 4.79 Å². The first-order valence-corrected chi connectivity index (χ1v) is 6.24. The van der Waals surface area contributed by atoms with Crippen molar-refractivity contribution in [2.24, 2.45) is 5.92 Å². The minimum Gasteiger partial charge on any atom is -0.322 e. The molecule has 1 atom stereocenters. The topological polar surface area (TPSA) is 44.9 Å². The average Bonchev–Trinajstić information content (AvgIpc) is 2.83. The standard InChI is InChI=1S/C14H15FN2O/c15-12-2-1-10-6-11(5-9-3-4-16-8-9)14(18)17-13(10)7-12/h1-2,6-7,9,16H,3-5,8H2,(H,17,18). The Kier molecular flexibility index (Phi) is 2.88. The van der Waals surface area contributed by atoms with E-state index in [2.05, 4.69) is 10.3 Å². The number of nitrogens with one attached hydrogen (secondary N) is 2. The fraction of sp³-hybridized carbons (Fsp3) is 0.357. The minimum atomic E-state index is -0.328. The van der Waals surface area contributed by atoms with Crippen molar-refractivity contribution in [2.45, 2.75) is 12.8 Å². The van der Waals surface area contributed by atoms with E-state index in [9.17, 15) is 9.18 Å². The SMILES string of the molecule is O=c1[nH]c2cc(F)ccc2cc1CC1CCNC1. The van der Waals surface area contributed by atoms with Crippen molar-refractivity contribution in [1.29, 1.82) is 0 Å². The zero-order valence-corrected chi connectivity index (χ0v) is 10.0. The number of rotatable bonds is 2. The molecular weight excluding hydrogens is 231 g/mol. The maximum absolute atomic E-state index is 13.1. The Morgan fingerprint density at radius 1 is 1.33 bits per heavy atom. The Hall–Kier alpha value is -1.68. The van der Waals surface area contributed by atoms with Crippen molar-refractivity contribution in [3.8, 4) is 0 Å². The van der Waals surface area contributed by atoms with Crippen molar-refractivity contribution < 1.29 is 4.39 Å². The monoisotopic (exact) mass is 246 g/mol. The summed E-state index contributed by atoms with van der Waals surface area (Å²) < 4.78 is 13.1. The Labute approximate surface area is 104 Å². The molecule has 1 aromatic heterocycles. The molecule has 0 aliphatic carbocycles. The zero-order valence-electron chi connectivity index (χ0n) is 10.0. The van der Waals surface area contributed by atoms with Crippen LogP contribution in [0.4, 0.5) is 4.39 Å². The van der Waals surface area contributed by atoms with Crippen molar-refractivity contribution in [3.05, 3.63) is 46.0 Å². The minimum absolute atomic E-state index is 0.0972. The fourth-order valence-electron chi connectivity index (χ4n) is 2.57. The quantitative estimate of drug-likeness (QED) is 0.849. The normalized spacial score (nSPS) is 19.5. The third-order valence-electron chi connectivity index (χ3n) is 3.56. The van der Waals surface area contributed by atoms with Gasteiger partial charge in [0.05, 0.1) is 5.52 Å². The first kappa shape index (κ1) is 11.4. The maximum atomic E-state index is 13.1. The molecule has 1 aliphatic rings. The van der Waals surface area contributed by atoms with E-state index in [1.54, 1.807) is 6.07 Å². The molecule has 3 rings (SSSR count). The molecule has 4 heteroatoms. The first-order valence-electron chi connectivity index (χ1n) is 6.24. The lowest BCUT2D eigenvalue weighted by molar-refractivity contribution is 0.577. The summed E-state index contributed by atoms with van der Waals surface area (Å²) in [4.78, 5) is 14.7. The smallest absolute Gasteiger partial charge is 0.251 e. The lowest BCUT2D eigenvalue weighted by Crippen LogP contribution is -2.18. The van der Waals surface area contributed by atoms with Crippen LogP contribution in [0.2, 0.25) is 0 Å². The summed E-state index contributed by atoms with van der Waals surface area (Å²) >= 11 is 0. The van der Waals surface area contributed by atoms with Crippen LogP contribution < -0.4 is 10.9 Å². The second kappa shape index (κ2) is 4.53. The summed E-state index contributed by atoms with van der Waals surface area (Å²) in [7, 11) is 0. The third-order valence-corrected chi connectivity index (χ3v) is 3.56. The molecule has 1 fully saturated rings. The van der Waals surface area contributed by atoms with Gasteiger partial charge in [0.2, 0.25) is 0 Å². The third kappa shape index (κ3) is 2.16. The van der Waals surface area contributed by atoms with Gasteiger partial charge < -0.3 is 10.3 Å². The van der Waals surface area contributed by atoms with Gasteiger partial charge in [0.25, 0.3) is 5.56 Å². The molecule has 0 radical (unpaired) electrons. The highest BCUT2D eigenvalue weighted by Crippen LogP contribution is 2.17. The van der Waals surface area contributed by atoms with Gasteiger partial charge in [-0.2, -0.15) is 0 Å². The van der Waals surface area contributed by atoms with Crippen molar-refractivity contribution in [2.75, 3.05) is 13.1 Å². The number of benzene rings is 1. The fourth-order valence-corrected chi connectivity index (χ4v) is 2.57. The van der Waals surface area contributed by atoms with Gasteiger partial charge in [-0.1, -0.05) is 0 Å². The van der Waals surface area contributed by atoms with E-state index >= 15 is 0 Å². The van der Waals surface area contributed by atoms with E-state index in [1.807, 2.05) is 6.07 Å². The average molecular weight is 246 g/mol. The van der Waals surface area contributed by atoms with Gasteiger partial charge in [-0.25, -0.2) is 4.39 Å². The second-order valence-electron chi connectivity index (χ2n) is 4.92. The van der Waals surface area contributed by atoms with E-state index in [-0.39, 0.29) is 11.4 Å². The number of aromatic amines is 1. The molecule has 0 bridgehead atoms. The lowest BCUT2D eigenvalue weighted by atomic mass is 9.99.